The van der Waals surface area contributed by atoms with Crippen molar-refractivity contribution in [2.75, 3.05) is 0 Å². The van der Waals surface area contributed by atoms with Crippen molar-refractivity contribution in [2.24, 2.45) is 4.99 Å². The van der Waals surface area contributed by atoms with Crippen molar-refractivity contribution in [3.63, 3.8) is 0 Å². The molecule has 0 spiro atoms. The molecule has 0 N–H and O–H groups in total. The second-order valence-electron chi connectivity index (χ2n) is 1.99. The molecule has 2 heteroatoms. The second-order valence-corrected chi connectivity index (χ2v) is 1.99. The number of hydrogen-bond donors (Lipinski definition) is 0. The van der Waals surface area contributed by atoms with Gasteiger partial charge in [0.05, 0.1) is 6.34 Å². The van der Waals surface area contributed by atoms with Gasteiger partial charge in [0, 0.05) is 18.1 Å². The fraction of sp³-hybridized carbons (Fsp3) is 0. The van der Waals surface area contributed by atoms with E-state index in [1.54, 1.807) is 12.4 Å². The first-order chi connectivity index (χ1) is 5.38. The predicted octanol–water partition coefficient (Wildman–Crippen LogP) is 2.15. The molecule has 0 radical (unpaired) electrons. The molecule has 0 unspecified atom stereocenters. The highest BCUT2D eigenvalue weighted by Gasteiger charge is 1.89. The molecule has 1 aromatic heterocycles. The van der Waals surface area contributed by atoms with Crippen LogP contribution < -0.4 is 0 Å². The molecule has 0 saturated heterocycles. The molecule has 1 rings (SSSR count). The van der Waals surface area contributed by atoms with E-state index in [0.717, 1.165) is 5.69 Å². The Bertz CT molecular complexity index is 282. The third-order valence-corrected chi connectivity index (χ3v) is 1.32. The van der Waals surface area contributed by atoms with Gasteiger partial charge in [0.25, 0.3) is 0 Å². The van der Waals surface area contributed by atoms with Crippen LogP contribution >= 0.6 is 0 Å². The van der Waals surface area contributed by atoms with Crippen molar-refractivity contribution < 1.29 is 0 Å². The second kappa shape index (κ2) is 3.56. The Labute approximate surface area is 66.2 Å². The molecule has 1 aromatic rings. The van der Waals surface area contributed by atoms with Crippen molar-refractivity contribution in [2.45, 2.75) is 0 Å². The molecular weight excluding hydrogens is 136 g/mol. The van der Waals surface area contributed by atoms with Crippen LogP contribution in [0.2, 0.25) is 0 Å². The van der Waals surface area contributed by atoms with Crippen LogP contribution in [0.3, 0.4) is 0 Å². The molecule has 0 amide bonds. The maximum atomic E-state index is 3.88. The molecule has 0 atom stereocenters. The van der Waals surface area contributed by atoms with Crippen LogP contribution in [0.15, 0.2) is 42.7 Å². The van der Waals surface area contributed by atoms with Crippen molar-refractivity contribution in [3.8, 4) is 0 Å². The van der Waals surface area contributed by atoms with Crippen molar-refractivity contribution in [1.82, 2.24) is 4.57 Å². The van der Waals surface area contributed by atoms with Gasteiger partial charge in [-0.2, -0.15) is 0 Å². The summed E-state index contributed by atoms with van der Waals surface area (Å²) >= 11 is 0. The number of hydrogen-bond acceptors (Lipinski definition) is 1. The van der Waals surface area contributed by atoms with Gasteiger partial charge in [-0.3, -0.25) is 0 Å². The monoisotopic (exact) mass is 146 g/mol. The Balaban J connectivity index is 2.92. The summed E-state index contributed by atoms with van der Waals surface area (Å²) in [6, 6.07) is 3.90. The highest BCUT2D eigenvalue weighted by Crippen LogP contribution is 2.00. The Morgan fingerprint density at radius 1 is 1.45 bits per heavy atom. The van der Waals surface area contributed by atoms with Crippen LogP contribution in [0, 0.1) is 0 Å². The minimum absolute atomic E-state index is 1.02. The molecule has 0 aliphatic heterocycles. The Kier molecular flexibility index (Phi) is 2.44. The van der Waals surface area contributed by atoms with Crippen LogP contribution in [-0.2, 0) is 0 Å². The van der Waals surface area contributed by atoms with Gasteiger partial charge in [0.2, 0.25) is 0 Å². The summed E-state index contributed by atoms with van der Waals surface area (Å²) in [4.78, 5) is 3.88. The van der Waals surface area contributed by atoms with Crippen LogP contribution in [0.1, 0.15) is 5.69 Å². The maximum absolute atomic E-state index is 3.88. The molecule has 0 aromatic carbocycles. The van der Waals surface area contributed by atoms with E-state index < -0.39 is 0 Å². The minimum atomic E-state index is 1.02. The minimum Gasteiger partial charge on any atom is -0.308 e. The van der Waals surface area contributed by atoms with Gasteiger partial charge in [-0.05, 0) is 18.2 Å². The van der Waals surface area contributed by atoms with Gasteiger partial charge in [0.15, 0.2) is 0 Å². The standard InChI is InChI=1S/C9H10N2/c1-3-9-6-5-7-11(9)8-10-4-2/h3-8H,1-2H2. The van der Waals surface area contributed by atoms with E-state index in [1.807, 2.05) is 22.9 Å². The summed E-state index contributed by atoms with van der Waals surface area (Å²) in [5.74, 6) is 0. The average molecular weight is 146 g/mol. The smallest absolute Gasteiger partial charge is 0.0990 e. The lowest BCUT2D eigenvalue weighted by Crippen LogP contribution is -1.93. The van der Waals surface area contributed by atoms with Gasteiger partial charge in [-0.1, -0.05) is 13.2 Å². The topological polar surface area (TPSA) is 17.3 Å². The summed E-state index contributed by atoms with van der Waals surface area (Å²) in [5, 5.41) is 0. The highest BCUT2D eigenvalue weighted by atomic mass is 15.0. The van der Waals surface area contributed by atoms with E-state index in [1.165, 1.54) is 6.20 Å². The van der Waals surface area contributed by atoms with Gasteiger partial charge in [-0.15, -0.1) is 0 Å². The van der Waals surface area contributed by atoms with Crippen molar-refractivity contribution >= 4 is 12.4 Å². The first-order valence-electron chi connectivity index (χ1n) is 3.32. The van der Waals surface area contributed by atoms with Gasteiger partial charge < -0.3 is 4.57 Å². The van der Waals surface area contributed by atoms with Crippen molar-refractivity contribution in [3.05, 3.63) is 43.4 Å². The maximum Gasteiger partial charge on any atom is 0.0990 e. The van der Waals surface area contributed by atoms with E-state index in [0.29, 0.717) is 0 Å². The zero-order valence-corrected chi connectivity index (χ0v) is 6.27. The van der Waals surface area contributed by atoms with Gasteiger partial charge in [0.1, 0.15) is 0 Å². The molecule has 0 saturated carbocycles. The quantitative estimate of drug-likeness (QED) is 0.459. The highest BCUT2D eigenvalue weighted by molar-refractivity contribution is 5.64. The summed E-state index contributed by atoms with van der Waals surface area (Å²) in [5.41, 5.74) is 1.02. The molecular formula is C9H10N2. The van der Waals surface area contributed by atoms with Gasteiger partial charge in [-0.25, -0.2) is 4.99 Å². The van der Waals surface area contributed by atoms with E-state index in [9.17, 15) is 0 Å². The van der Waals surface area contributed by atoms with E-state index >= 15 is 0 Å². The fourth-order valence-electron chi connectivity index (χ4n) is 0.804. The average Bonchev–Trinajstić information content (AvgIpc) is 2.47. The molecule has 56 valence electrons. The summed E-state index contributed by atoms with van der Waals surface area (Å²) < 4.78 is 1.87. The van der Waals surface area contributed by atoms with Crippen LogP contribution in [-0.4, -0.2) is 10.9 Å². The number of aliphatic imine (C=N–C) groups is 1. The molecule has 0 bridgehead atoms. The zero-order chi connectivity index (χ0) is 8.10. The van der Waals surface area contributed by atoms with Crippen LogP contribution in [0.4, 0.5) is 0 Å². The third-order valence-electron chi connectivity index (χ3n) is 1.32. The van der Waals surface area contributed by atoms with E-state index in [4.69, 9.17) is 0 Å². The number of aromatic nitrogens is 1. The van der Waals surface area contributed by atoms with Gasteiger partial charge >= 0.3 is 0 Å². The normalized spacial score (nSPS) is 10.2. The lowest BCUT2D eigenvalue weighted by molar-refractivity contribution is 1.17. The molecule has 0 aliphatic carbocycles. The fourth-order valence-corrected chi connectivity index (χ4v) is 0.804. The number of rotatable bonds is 3. The van der Waals surface area contributed by atoms with E-state index in [2.05, 4.69) is 18.2 Å². The predicted molar refractivity (Wildman–Crippen MR) is 48.6 cm³/mol. The van der Waals surface area contributed by atoms with E-state index in [-0.39, 0.29) is 0 Å². The summed E-state index contributed by atoms with van der Waals surface area (Å²) in [7, 11) is 0. The lowest BCUT2D eigenvalue weighted by Gasteiger charge is -1.94. The largest absolute Gasteiger partial charge is 0.308 e. The Hall–Kier alpha value is -1.57. The third kappa shape index (κ3) is 1.67. The summed E-state index contributed by atoms with van der Waals surface area (Å²) in [6.45, 7) is 7.14. The SMILES string of the molecule is C=CN=Cn1cccc1C=C. The molecule has 11 heavy (non-hydrogen) atoms. The first-order valence-corrected chi connectivity index (χ1v) is 3.32. The Morgan fingerprint density at radius 2 is 2.27 bits per heavy atom. The number of nitrogens with zero attached hydrogens (tertiary/aromatic N) is 2. The molecule has 0 aliphatic rings. The molecule has 0 fully saturated rings. The first kappa shape index (κ1) is 7.54. The molecule has 2 nitrogen and oxygen atoms in total. The lowest BCUT2D eigenvalue weighted by atomic mass is 10.4. The summed E-state index contributed by atoms with van der Waals surface area (Å²) in [6.07, 6.45) is 6.86. The Morgan fingerprint density at radius 3 is 2.91 bits per heavy atom. The van der Waals surface area contributed by atoms with Crippen molar-refractivity contribution in [1.29, 1.82) is 0 Å². The molecule has 1 heterocycles. The zero-order valence-electron chi connectivity index (χ0n) is 6.27. The van der Waals surface area contributed by atoms with Crippen LogP contribution in [0.25, 0.3) is 6.08 Å². The van der Waals surface area contributed by atoms with Crippen LogP contribution in [0.5, 0.6) is 0 Å².